The fraction of sp³-hybridized carbons (Fsp3) is 0.722. The van der Waals surface area contributed by atoms with E-state index in [1.54, 1.807) is 0 Å². The Labute approximate surface area is 174 Å². The van der Waals surface area contributed by atoms with Crippen LogP contribution < -0.4 is 0 Å². The highest BCUT2D eigenvalue weighted by atomic mass is 16.3. The van der Waals surface area contributed by atoms with Gasteiger partial charge in [-0.2, -0.15) is 0 Å². The number of aliphatic hydroxyl groups is 1. The van der Waals surface area contributed by atoms with Gasteiger partial charge in [0.1, 0.15) is 0 Å². The van der Waals surface area contributed by atoms with Crippen molar-refractivity contribution in [2.75, 3.05) is 39.3 Å². The average Bonchev–Trinajstić information content (AvgIpc) is 2.74. The summed E-state index contributed by atoms with van der Waals surface area (Å²) in [5.41, 5.74) is 0. The summed E-state index contributed by atoms with van der Waals surface area (Å²) in [7, 11) is 0. The molecule has 0 radical (unpaired) electrons. The number of unbranched alkanes of at least 4 members (excludes halogenated alkanes) is 3. The van der Waals surface area contributed by atoms with Crippen molar-refractivity contribution in [2.45, 2.75) is 44.9 Å². The highest BCUT2D eigenvalue weighted by Crippen LogP contribution is 2.20. The summed E-state index contributed by atoms with van der Waals surface area (Å²) in [6.07, 6.45) is 5.85. The van der Waals surface area contributed by atoms with Crippen molar-refractivity contribution < 1.29 is 29.1 Å². The largest absolute Gasteiger partial charge is 0.356 e. The molecule has 164 valence electrons. The Bertz CT molecular complexity index is 666. The van der Waals surface area contributed by atoms with Gasteiger partial charge in [-0.15, -0.1) is 0 Å². The fourth-order valence-corrected chi connectivity index (χ4v) is 2.91. The van der Waals surface area contributed by atoms with Crippen LogP contribution in [0.2, 0.25) is 0 Å². The van der Waals surface area contributed by atoms with Crippen LogP contribution in [0.5, 0.6) is 0 Å². The van der Waals surface area contributed by atoms with Gasteiger partial charge in [0.2, 0.25) is 24.6 Å². The van der Waals surface area contributed by atoms with Crippen molar-refractivity contribution in [3.05, 3.63) is 0 Å². The number of amides is 4. The molecule has 0 aromatic carbocycles. The molecule has 30 heavy (non-hydrogen) atoms. The van der Waals surface area contributed by atoms with Crippen molar-refractivity contribution in [1.29, 1.82) is 0 Å². The van der Waals surface area contributed by atoms with E-state index in [-0.39, 0.29) is 39.3 Å². The predicted molar refractivity (Wildman–Crippen MR) is 104 cm³/mol. The topological polar surface area (TPSA) is 152 Å². The van der Waals surface area contributed by atoms with Crippen LogP contribution in [0.25, 0.3) is 0 Å². The average molecular weight is 422 g/mol. The molecule has 1 aliphatic heterocycles. The minimum Gasteiger partial charge on any atom is -0.356 e. The molecule has 0 spiro atoms. The molecule has 0 bridgehead atoms. The SMILES string of the molecule is O=C=NCCCCN1C(=O)N(CCCCN=C=O)C(O)N(CCCCN=C=O)C1=O. The Morgan fingerprint density at radius 1 is 0.667 bits per heavy atom. The molecule has 0 aromatic heterocycles. The maximum atomic E-state index is 12.8. The van der Waals surface area contributed by atoms with Crippen molar-refractivity contribution in [3.8, 4) is 0 Å². The van der Waals surface area contributed by atoms with Crippen LogP contribution in [0, 0.1) is 0 Å². The first-order valence-electron chi connectivity index (χ1n) is 9.76. The van der Waals surface area contributed by atoms with E-state index >= 15 is 0 Å². The van der Waals surface area contributed by atoms with E-state index in [2.05, 4.69) is 15.0 Å². The quantitative estimate of drug-likeness (QED) is 0.234. The zero-order chi connectivity index (χ0) is 22.2. The molecular weight excluding hydrogens is 396 g/mol. The Morgan fingerprint density at radius 2 is 1.03 bits per heavy atom. The Kier molecular flexibility index (Phi) is 12.3. The lowest BCUT2D eigenvalue weighted by molar-refractivity contribution is -0.0936. The summed E-state index contributed by atoms with van der Waals surface area (Å²) >= 11 is 0. The summed E-state index contributed by atoms with van der Waals surface area (Å²) < 4.78 is 0. The van der Waals surface area contributed by atoms with Gasteiger partial charge in [-0.1, -0.05) is 0 Å². The van der Waals surface area contributed by atoms with E-state index in [0.29, 0.717) is 38.5 Å². The molecule has 0 saturated carbocycles. The predicted octanol–water partition coefficient (Wildman–Crippen LogP) is 0.770. The van der Waals surface area contributed by atoms with Gasteiger partial charge in [-0.25, -0.2) is 43.8 Å². The molecule has 0 aromatic rings. The minimum atomic E-state index is -1.41. The maximum Gasteiger partial charge on any atom is 0.331 e. The molecule has 0 atom stereocenters. The van der Waals surface area contributed by atoms with E-state index in [0.717, 1.165) is 4.90 Å². The molecule has 1 heterocycles. The van der Waals surface area contributed by atoms with Crippen LogP contribution in [0.4, 0.5) is 9.59 Å². The lowest BCUT2D eigenvalue weighted by Crippen LogP contribution is -2.66. The number of rotatable bonds is 15. The summed E-state index contributed by atoms with van der Waals surface area (Å²) in [4.78, 5) is 69.7. The van der Waals surface area contributed by atoms with E-state index < -0.39 is 18.4 Å². The number of nitrogens with zero attached hydrogens (tertiary/aromatic N) is 6. The number of aliphatic imine (C=N–C) groups is 3. The van der Waals surface area contributed by atoms with Gasteiger partial charge in [0, 0.05) is 19.6 Å². The number of carbonyl (C=O) groups excluding carboxylic acids is 5. The zero-order valence-electron chi connectivity index (χ0n) is 16.7. The first-order chi connectivity index (χ1) is 14.6. The van der Waals surface area contributed by atoms with Crippen LogP contribution in [0.1, 0.15) is 38.5 Å². The van der Waals surface area contributed by atoms with Gasteiger partial charge >= 0.3 is 12.1 Å². The first kappa shape index (κ1) is 24.9. The van der Waals surface area contributed by atoms with E-state index in [1.807, 2.05) is 0 Å². The van der Waals surface area contributed by atoms with Crippen LogP contribution in [-0.2, 0) is 14.4 Å². The van der Waals surface area contributed by atoms with E-state index in [9.17, 15) is 29.1 Å². The number of hydrogen-bond donors (Lipinski definition) is 1. The third-order valence-corrected chi connectivity index (χ3v) is 4.44. The molecule has 0 unspecified atom stereocenters. The minimum absolute atomic E-state index is 0.122. The number of aliphatic hydroxyl groups excluding tert-OH is 1. The lowest BCUT2D eigenvalue weighted by atomic mass is 10.2. The van der Waals surface area contributed by atoms with Gasteiger partial charge in [0.15, 0.2) is 0 Å². The molecule has 1 saturated heterocycles. The second-order valence-electron chi connectivity index (χ2n) is 6.49. The third-order valence-electron chi connectivity index (χ3n) is 4.44. The van der Waals surface area contributed by atoms with Crippen LogP contribution >= 0.6 is 0 Å². The molecule has 4 amide bonds. The highest BCUT2D eigenvalue weighted by molar-refractivity contribution is 5.95. The fourth-order valence-electron chi connectivity index (χ4n) is 2.91. The third kappa shape index (κ3) is 8.06. The standard InChI is InChI=1S/C18H26N6O6/c25-13-19-7-1-4-10-22-16(28)23(11-5-2-8-20-14-26)18(30)24(17(22)29)12-6-3-9-21-15-27/h16,28H,1-12H2. The molecule has 12 heteroatoms. The Hall–Kier alpha value is -3.16. The number of urea groups is 2. The van der Waals surface area contributed by atoms with Gasteiger partial charge in [0.25, 0.3) is 0 Å². The monoisotopic (exact) mass is 422 g/mol. The number of imide groups is 1. The maximum absolute atomic E-state index is 12.8. The summed E-state index contributed by atoms with van der Waals surface area (Å²) in [5, 5.41) is 10.6. The normalized spacial score (nSPS) is 16.0. The van der Waals surface area contributed by atoms with Crippen molar-refractivity contribution in [2.24, 2.45) is 15.0 Å². The number of carbonyl (C=O) groups is 2. The van der Waals surface area contributed by atoms with Crippen molar-refractivity contribution in [1.82, 2.24) is 14.7 Å². The summed E-state index contributed by atoms with van der Waals surface area (Å²) in [6.45, 7) is 1.27. The molecule has 1 N–H and O–H groups in total. The molecule has 1 fully saturated rings. The summed E-state index contributed by atoms with van der Waals surface area (Å²) in [5.74, 6) is 0. The van der Waals surface area contributed by atoms with Gasteiger partial charge in [-0.05, 0) is 38.5 Å². The number of hydrogen-bond acceptors (Lipinski definition) is 9. The van der Waals surface area contributed by atoms with Crippen molar-refractivity contribution in [3.63, 3.8) is 0 Å². The van der Waals surface area contributed by atoms with E-state index in [4.69, 9.17) is 0 Å². The Morgan fingerprint density at radius 3 is 1.40 bits per heavy atom. The lowest BCUT2D eigenvalue weighted by Gasteiger charge is -2.44. The van der Waals surface area contributed by atoms with Crippen LogP contribution in [-0.4, -0.2) is 95.7 Å². The van der Waals surface area contributed by atoms with Gasteiger partial charge in [0.05, 0.1) is 19.6 Å². The molecule has 1 aliphatic rings. The van der Waals surface area contributed by atoms with Gasteiger partial charge in [-0.3, -0.25) is 9.80 Å². The second kappa shape index (κ2) is 14.8. The summed E-state index contributed by atoms with van der Waals surface area (Å²) in [6, 6.07) is -1.21. The van der Waals surface area contributed by atoms with E-state index in [1.165, 1.54) is 28.0 Å². The number of isocyanates is 3. The zero-order valence-corrected chi connectivity index (χ0v) is 16.7. The molecule has 0 aliphatic carbocycles. The molecule has 1 rings (SSSR count). The van der Waals surface area contributed by atoms with Crippen LogP contribution in [0.15, 0.2) is 15.0 Å². The Balaban J connectivity index is 2.79. The van der Waals surface area contributed by atoms with Crippen molar-refractivity contribution >= 4 is 30.3 Å². The molecule has 12 nitrogen and oxygen atoms in total. The molecular formula is C18H26N6O6. The second-order valence-corrected chi connectivity index (χ2v) is 6.49. The first-order valence-corrected chi connectivity index (χ1v) is 9.76. The highest BCUT2D eigenvalue weighted by Gasteiger charge is 2.42. The van der Waals surface area contributed by atoms with Gasteiger partial charge < -0.3 is 5.11 Å². The smallest absolute Gasteiger partial charge is 0.331 e. The van der Waals surface area contributed by atoms with Crippen LogP contribution in [0.3, 0.4) is 0 Å².